The Hall–Kier alpha value is -1.30. The molecule has 0 N–H and O–H groups in total. The first-order chi connectivity index (χ1) is 9.16. The van der Waals surface area contributed by atoms with Gasteiger partial charge in [0, 0.05) is 5.41 Å². The predicted molar refractivity (Wildman–Crippen MR) is 73.0 cm³/mol. The largest absolute Gasteiger partial charge is 0.465 e. The molecule has 0 amide bonds. The SMILES string of the molecule is C/C=C/C[C@]1(C(C#N)C(=O)OCC)C[C@H]2CC[C@H]2C1. The van der Waals surface area contributed by atoms with Crippen LogP contribution in [-0.2, 0) is 9.53 Å². The second kappa shape index (κ2) is 5.77. The van der Waals surface area contributed by atoms with Gasteiger partial charge in [0.25, 0.3) is 0 Å². The molecule has 3 nitrogen and oxygen atoms in total. The van der Waals surface area contributed by atoms with Crippen LogP contribution in [0.2, 0.25) is 0 Å². The zero-order valence-corrected chi connectivity index (χ0v) is 11.9. The molecular weight excluding hydrogens is 238 g/mol. The van der Waals surface area contributed by atoms with Crippen LogP contribution in [0, 0.1) is 34.5 Å². The zero-order chi connectivity index (χ0) is 13.9. The van der Waals surface area contributed by atoms with Gasteiger partial charge in [-0.15, -0.1) is 0 Å². The monoisotopic (exact) mass is 261 g/mol. The molecular formula is C16H23NO2. The van der Waals surface area contributed by atoms with Gasteiger partial charge >= 0.3 is 5.97 Å². The molecule has 2 fully saturated rings. The van der Waals surface area contributed by atoms with E-state index in [1.807, 2.05) is 13.0 Å². The first kappa shape index (κ1) is 14.1. The third-order valence-electron chi connectivity index (χ3n) is 4.94. The second-order valence-corrected chi connectivity index (χ2v) is 5.96. The topological polar surface area (TPSA) is 50.1 Å². The third kappa shape index (κ3) is 2.54. The van der Waals surface area contributed by atoms with Gasteiger partial charge in [-0.1, -0.05) is 12.2 Å². The highest BCUT2D eigenvalue weighted by atomic mass is 16.5. The van der Waals surface area contributed by atoms with Crippen LogP contribution in [0.15, 0.2) is 12.2 Å². The Morgan fingerprint density at radius 1 is 1.47 bits per heavy atom. The smallest absolute Gasteiger partial charge is 0.323 e. The van der Waals surface area contributed by atoms with Crippen LogP contribution >= 0.6 is 0 Å². The number of hydrogen-bond donors (Lipinski definition) is 0. The molecule has 2 aliphatic carbocycles. The van der Waals surface area contributed by atoms with E-state index in [-0.39, 0.29) is 11.4 Å². The highest BCUT2D eigenvalue weighted by Crippen LogP contribution is 2.60. The Balaban J connectivity index is 2.21. The van der Waals surface area contributed by atoms with Crippen molar-refractivity contribution in [3.8, 4) is 6.07 Å². The molecule has 2 rings (SSSR count). The molecule has 4 atom stereocenters. The lowest BCUT2D eigenvalue weighted by atomic mass is 9.71. The van der Waals surface area contributed by atoms with Gasteiger partial charge in [-0.05, 0) is 57.8 Å². The number of carbonyl (C=O) groups excluding carboxylic acids is 1. The summed E-state index contributed by atoms with van der Waals surface area (Å²) >= 11 is 0. The molecule has 0 aliphatic heterocycles. The maximum atomic E-state index is 12.1. The average Bonchev–Trinajstić information content (AvgIpc) is 2.63. The molecule has 19 heavy (non-hydrogen) atoms. The first-order valence-electron chi connectivity index (χ1n) is 7.34. The van der Waals surface area contributed by atoms with Gasteiger partial charge in [-0.3, -0.25) is 4.79 Å². The Bertz CT molecular complexity index is 395. The molecule has 1 unspecified atom stereocenters. The number of hydrogen-bond acceptors (Lipinski definition) is 3. The highest BCUT2D eigenvalue weighted by molar-refractivity contribution is 5.76. The molecule has 0 saturated heterocycles. The van der Waals surface area contributed by atoms with Crippen LogP contribution in [0.1, 0.15) is 46.0 Å². The fourth-order valence-corrected chi connectivity index (χ4v) is 3.84. The van der Waals surface area contributed by atoms with Gasteiger partial charge in [-0.25, -0.2) is 0 Å². The van der Waals surface area contributed by atoms with E-state index in [1.165, 1.54) is 12.8 Å². The standard InChI is InChI=1S/C16H23NO2/c1-3-5-8-16(9-12-6-7-13(12)10-16)14(11-17)15(18)19-4-2/h3,5,12-14H,4,6-10H2,1-2H3/b5-3+/t12-,13+,14?,16+. The van der Waals surface area contributed by atoms with Gasteiger partial charge < -0.3 is 4.74 Å². The highest BCUT2D eigenvalue weighted by Gasteiger charge is 2.54. The van der Waals surface area contributed by atoms with E-state index < -0.39 is 5.92 Å². The minimum Gasteiger partial charge on any atom is -0.465 e. The van der Waals surface area contributed by atoms with Gasteiger partial charge in [0.15, 0.2) is 0 Å². The quantitative estimate of drug-likeness (QED) is 0.562. The summed E-state index contributed by atoms with van der Waals surface area (Å²) < 4.78 is 5.12. The van der Waals surface area contributed by atoms with Crippen LogP contribution in [0.5, 0.6) is 0 Å². The van der Waals surface area contributed by atoms with E-state index >= 15 is 0 Å². The van der Waals surface area contributed by atoms with E-state index in [0.717, 1.165) is 31.1 Å². The number of ether oxygens (including phenoxy) is 1. The Kier molecular flexibility index (Phi) is 4.29. The van der Waals surface area contributed by atoms with Crippen molar-refractivity contribution in [3.05, 3.63) is 12.2 Å². The maximum absolute atomic E-state index is 12.1. The number of fused-ring (bicyclic) bond motifs is 1. The normalized spacial score (nSPS) is 34.4. The summed E-state index contributed by atoms with van der Waals surface area (Å²) in [5.41, 5.74) is -0.181. The van der Waals surface area contributed by atoms with E-state index in [4.69, 9.17) is 4.74 Å². The van der Waals surface area contributed by atoms with Gasteiger partial charge in [0.05, 0.1) is 12.7 Å². The lowest BCUT2D eigenvalue weighted by molar-refractivity contribution is -0.150. The minimum atomic E-state index is -0.603. The predicted octanol–water partition coefficient (Wildman–Crippen LogP) is 3.46. The number of esters is 1. The van der Waals surface area contributed by atoms with E-state index in [1.54, 1.807) is 6.92 Å². The second-order valence-electron chi connectivity index (χ2n) is 5.96. The van der Waals surface area contributed by atoms with E-state index in [2.05, 4.69) is 12.1 Å². The minimum absolute atomic E-state index is 0.181. The van der Waals surface area contributed by atoms with Gasteiger partial charge in [-0.2, -0.15) is 5.26 Å². The van der Waals surface area contributed by atoms with Crippen molar-refractivity contribution < 1.29 is 9.53 Å². The average molecular weight is 261 g/mol. The van der Waals surface area contributed by atoms with Crippen molar-refractivity contribution in [2.45, 2.75) is 46.0 Å². The van der Waals surface area contributed by atoms with Crippen LogP contribution in [-0.4, -0.2) is 12.6 Å². The van der Waals surface area contributed by atoms with Crippen molar-refractivity contribution in [2.75, 3.05) is 6.61 Å². The van der Waals surface area contributed by atoms with Crippen molar-refractivity contribution >= 4 is 5.97 Å². The summed E-state index contributed by atoms with van der Waals surface area (Å²) in [6, 6.07) is 2.24. The van der Waals surface area contributed by atoms with Crippen LogP contribution in [0.4, 0.5) is 0 Å². The van der Waals surface area contributed by atoms with E-state index in [9.17, 15) is 10.1 Å². The summed E-state index contributed by atoms with van der Waals surface area (Å²) in [7, 11) is 0. The van der Waals surface area contributed by atoms with Crippen LogP contribution < -0.4 is 0 Å². The number of nitrogens with zero attached hydrogens (tertiary/aromatic N) is 1. The van der Waals surface area contributed by atoms with Crippen molar-refractivity contribution in [3.63, 3.8) is 0 Å². The van der Waals surface area contributed by atoms with Crippen molar-refractivity contribution in [1.29, 1.82) is 5.26 Å². The molecule has 0 aromatic heterocycles. The van der Waals surface area contributed by atoms with Crippen LogP contribution in [0.25, 0.3) is 0 Å². The first-order valence-corrected chi connectivity index (χ1v) is 7.34. The number of rotatable bonds is 5. The fourth-order valence-electron chi connectivity index (χ4n) is 3.84. The third-order valence-corrected chi connectivity index (χ3v) is 4.94. The van der Waals surface area contributed by atoms with Gasteiger partial charge in [0.1, 0.15) is 5.92 Å². The lowest BCUT2D eigenvalue weighted by Gasteiger charge is -2.31. The summed E-state index contributed by atoms with van der Waals surface area (Å²) in [4.78, 5) is 12.1. The summed E-state index contributed by atoms with van der Waals surface area (Å²) in [5.74, 6) is 0.538. The molecule has 0 heterocycles. The molecule has 0 bridgehead atoms. The molecule has 0 radical (unpaired) electrons. The molecule has 2 saturated carbocycles. The maximum Gasteiger partial charge on any atom is 0.323 e. The molecule has 3 heteroatoms. The summed E-state index contributed by atoms with van der Waals surface area (Å²) in [6.45, 7) is 4.13. The molecule has 0 aromatic rings. The van der Waals surface area contributed by atoms with Crippen molar-refractivity contribution in [2.24, 2.45) is 23.2 Å². The number of carbonyl (C=O) groups is 1. The number of nitriles is 1. The Morgan fingerprint density at radius 3 is 2.53 bits per heavy atom. The van der Waals surface area contributed by atoms with Gasteiger partial charge in [0.2, 0.25) is 0 Å². The molecule has 104 valence electrons. The van der Waals surface area contributed by atoms with E-state index in [0.29, 0.717) is 6.61 Å². The molecule has 2 aliphatic rings. The lowest BCUT2D eigenvalue weighted by Crippen LogP contribution is -2.34. The summed E-state index contributed by atoms with van der Waals surface area (Å²) in [6.07, 6.45) is 9.51. The Labute approximate surface area is 115 Å². The zero-order valence-electron chi connectivity index (χ0n) is 11.9. The fraction of sp³-hybridized carbons (Fsp3) is 0.750. The Morgan fingerprint density at radius 2 is 2.11 bits per heavy atom. The molecule has 0 aromatic carbocycles. The molecule has 0 spiro atoms. The number of allylic oxidation sites excluding steroid dienone is 2. The van der Waals surface area contributed by atoms with Crippen LogP contribution in [0.3, 0.4) is 0 Å². The summed E-state index contributed by atoms with van der Waals surface area (Å²) in [5, 5.41) is 9.47. The van der Waals surface area contributed by atoms with Crippen molar-refractivity contribution in [1.82, 2.24) is 0 Å².